The van der Waals surface area contributed by atoms with Gasteiger partial charge in [0, 0.05) is 10.0 Å². The van der Waals surface area contributed by atoms with E-state index < -0.39 is 0 Å². The highest BCUT2D eigenvalue weighted by molar-refractivity contribution is 9.10. The monoisotopic (exact) mass is 316 g/mol. The van der Waals surface area contributed by atoms with Crippen LogP contribution in [0.4, 0.5) is 0 Å². The average molecular weight is 318 g/mol. The zero-order chi connectivity index (χ0) is 13.0. The molecule has 0 radical (unpaired) electrons. The Morgan fingerprint density at radius 2 is 2.18 bits per heavy atom. The lowest BCUT2D eigenvalue weighted by atomic mass is 10.0. The molecule has 4 heteroatoms. The van der Waals surface area contributed by atoms with Crippen LogP contribution in [0, 0.1) is 13.8 Å². The molecule has 0 aliphatic rings. The molecule has 0 saturated heterocycles. The summed E-state index contributed by atoms with van der Waals surface area (Å²) in [4.78, 5) is 11.2. The number of ketones is 1. The summed E-state index contributed by atoms with van der Waals surface area (Å²) in [5, 5.41) is 0. The Labute approximate surface area is 115 Å². The van der Waals surface area contributed by atoms with E-state index in [9.17, 15) is 4.79 Å². The highest BCUT2D eigenvalue weighted by Gasteiger charge is 2.10. The van der Waals surface area contributed by atoms with E-state index in [0.717, 1.165) is 26.9 Å². The predicted molar refractivity (Wildman–Crippen MR) is 74.9 cm³/mol. The molecule has 0 heterocycles. The van der Waals surface area contributed by atoms with Gasteiger partial charge in [-0.1, -0.05) is 15.9 Å². The molecule has 0 saturated carbocycles. The number of allylic oxidation sites excluding steroid dienone is 1. The minimum atomic E-state index is -0.120. The van der Waals surface area contributed by atoms with E-state index in [2.05, 4.69) is 15.9 Å². The van der Waals surface area contributed by atoms with Gasteiger partial charge in [0.1, 0.15) is 5.75 Å². The lowest BCUT2D eigenvalue weighted by Gasteiger charge is -2.13. The second kappa shape index (κ2) is 6.22. The molecule has 2 nitrogen and oxygen atoms in total. The summed E-state index contributed by atoms with van der Waals surface area (Å²) in [7, 11) is 1.62. The van der Waals surface area contributed by atoms with Crippen molar-refractivity contribution in [2.24, 2.45) is 0 Å². The molecule has 1 aromatic carbocycles. The Hall–Kier alpha value is -0.800. The number of rotatable bonds is 4. The van der Waals surface area contributed by atoms with Crippen molar-refractivity contribution in [3.63, 3.8) is 0 Å². The molecule has 0 atom stereocenters. The molecule has 92 valence electrons. The number of ether oxygens (including phenoxy) is 1. The highest BCUT2D eigenvalue weighted by Crippen LogP contribution is 2.33. The molecule has 17 heavy (non-hydrogen) atoms. The minimum Gasteiger partial charge on any atom is -0.496 e. The van der Waals surface area contributed by atoms with Gasteiger partial charge in [-0.3, -0.25) is 4.79 Å². The lowest BCUT2D eigenvalue weighted by molar-refractivity contribution is -0.112. The molecule has 0 aromatic heterocycles. The standard InChI is InChI=1S/C13H14BrClO2/c1-8-6-12(14)9(2)11(13(8)17-3)5-4-10(16)7-15/h4-6H,7H2,1-3H3/b5-4+. The maximum Gasteiger partial charge on any atom is 0.170 e. The van der Waals surface area contributed by atoms with Crippen molar-refractivity contribution >= 4 is 39.4 Å². The predicted octanol–water partition coefficient (Wildman–Crippen LogP) is 3.90. The molecule has 0 unspecified atom stereocenters. The molecule has 0 spiro atoms. The van der Waals surface area contributed by atoms with Crippen LogP contribution in [0.2, 0.25) is 0 Å². The first-order valence-electron chi connectivity index (χ1n) is 5.11. The molecule has 0 amide bonds. The van der Waals surface area contributed by atoms with Crippen molar-refractivity contribution in [2.45, 2.75) is 13.8 Å². The van der Waals surface area contributed by atoms with Crippen LogP contribution in [-0.2, 0) is 4.79 Å². The van der Waals surface area contributed by atoms with Gasteiger partial charge in [0.15, 0.2) is 5.78 Å². The van der Waals surface area contributed by atoms with Gasteiger partial charge in [0.2, 0.25) is 0 Å². The Morgan fingerprint density at radius 1 is 1.53 bits per heavy atom. The Kier molecular flexibility index (Phi) is 5.22. The number of carbonyl (C=O) groups is 1. The van der Waals surface area contributed by atoms with Crippen LogP contribution in [0.25, 0.3) is 6.08 Å². The fourth-order valence-electron chi connectivity index (χ4n) is 1.57. The van der Waals surface area contributed by atoms with E-state index in [1.807, 2.05) is 19.9 Å². The van der Waals surface area contributed by atoms with E-state index in [-0.39, 0.29) is 11.7 Å². The number of halogens is 2. The van der Waals surface area contributed by atoms with Crippen LogP contribution >= 0.6 is 27.5 Å². The molecule has 0 N–H and O–H groups in total. The fourth-order valence-corrected chi connectivity index (χ4v) is 2.21. The van der Waals surface area contributed by atoms with Crippen LogP contribution in [0.15, 0.2) is 16.6 Å². The molecule has 1 aromatic rings. The number of carbonyl (C=O) groups excluding carboxylic acids is 1. The molecule has 1 rings (SSSR count). The summed E-state index contributed by atoms with van der Waals surface area (Å²) in [6.45, 7) is 3.93. The quantitative estimate of drug-likeness (QED) is 0.622. The molecule has 0 bridgehead atoms. The van der Waals surface area contributed by atoms with Gasteiger partial charge >= 0.3 is 0 Å². The van der Waals surface area contributed by atoms with E-state index in [1.165, 1.54) is 6.08 Å². The first-order valence-corrected chi connectivity index (χ1v) is 6.44. The Balaban J connectivity index is 3.29. The van der Waals surface area contributed by atoms with Crippen LogP contribution in [0.3, 0.4) is 0 Å². The first kappa shape index (κ1) is 14.3. The number of alkyl halides is 1. The minimum absolute atomic E-state index is 0.00908. The largest absolute Gasteiger partial charge is 0.496 e. The number of aryl methyl sites for hydroxylation is 1. The number of hydrogen-bond acceptors (Lipinski definition) is 2. The first-order chi connectivity index (χ1) is 8.01. The van der Waals surface area contributed by atoms with Crippen molar-refractivity contribution in [1.82, 2.24) is 0 Å². The smallest absolute Gasteiger partial charge is 0.170 e. The van der Waals surface area contributed by atoms with Crippen molar-refractivity contribution in [2.75, 3.05) is 13.0 Å². The van der Waals surface area contributed by atoms with Crippen LogP contribution in [-0.4, -0.2) is 18.8 Å². The lowest BCUT2D eigenvalue weighted by Crippen LogP contribution is -1.97. The number of hydrogen-bond donors (Lipinski definition) is 0. The third kappa shape index (κ3) is 3.33. The van der Waals surface area contributed by atoms with Crippen molar-refractivity contribution in [1.29, 1.82) is 0 Å². The maximum absolute atomic E-state index is 11.2. The van der Waals surface area contributed by atoms with Crippen LogP contribution in [0.1, 0.15) is 16.7 Å². The zero-order valence-corrected chi connectivity index (χ0v) is 12.4. The summed E-state index contributed by atoms with van der Waals surface area (Å²) in [6.07, 6.45) is 3.22. The topological polar surface area (TPSA) is 26.3 Å². The van der Waals surface area contributed by atoms with E-state index in [4.69, 9.17) is 16.3 Å². The second-order valence-electron chi connectivity index (χ2n) is 3.68. The summed E-state index contributed by atoms with van der Waals surface area (Å²) in [6, 6.07) is 1.99. The normalized spacial score (nSPS) is 10.9. The Bertz CT molecular complexity index is 467. The fraction of sp³-hybridized carbons (Fsp3) is 0.308. The number of benzene rings is 1. The van der Waals surface area contributed by atoms with E-state index >= 15 is 0 Å². The van der Waals surface area contributed by atoms with Gasteiger partial charge < -0.3 is 4.74 Å². The molecule has 0 aliphatic carbocycles. The zero-order valence-electron chi connectivity index (χ0n) is 10.0. The summed E-state index contributed by atoms with van der Waals surface area (Å²) in [5.74, 6) is 0.653. The molecular weight excluding hydrogens is 303 g/mol. The van der Waals surface area contributed by atoms with Crippen LogP contribution in [0.5, 0.6) is 5.75 Å². The van der Waals surface area contributed by atoms with E-state index in [0.29, 0.717) is 0 Å². The van der Waals surface area contributed by atoms with Gasteiger partial charge in [0.05, 0.1) is 13.0 Å². The molecule has 0 fully saturated rings. The molecule has 0 aliphatic heterocycles. The van der Waals surface area contributed by atoms with Crippen molar-refractivity contribution < 1.29 is 9.53 Å². The summed E-state index contributed by atoms with van der Waals surface area (Å²) in [5.41, 5.74) is 2.95. The average Bonchev–Trinajstić information content (AvgIpc) is 2.31. The van der Waals surface area contributed by atoms with Gasteiger partial charge in [-0.05, 0) is 43.2 Å². The Morgan fingerprint density at radius 3 is 2.71 bits per heavy atom. The maximum atomic E-state index is 11.2. The number of methoxy groups -OCH3 is 1. The second-order valence-corrected chi connectivity index (χ2v) is 4.80. The van der Waals surface area contributed by atoms with Crippen molar-refractivity contribution in [3.05, 3.63) is 33.3 Å². The third-order valence-electron chi connectivity index (χ3n) is 2.48. The summed E-state index contributed by atoms with van der Waals surface area (Å²) < 4.78 is 6.36. The van der Waals surface area contributed by atoms with Gasteiger partial charge in [-0.15, -0.1) is 11.6 Å². The SMILES string of the molecule is COc1c(C)cc(Br)c(C)c1/C=C/C(=O)CCl. The van der Waals surface area contributed by atoms with Gasteiger partial charge in [0.25, 0.3) is 0 Å². The van der Waals surface area contributed by atoms with Crippen molar-refractivity contribution in [3.8, 4) is 5.75 Å². The highest BCUT2D eigenvalue weighted by atomic mass is 79.9. The summed E-state index contributed by atoms with van der Waals surface area (Å²) >= 11 is 8.94. The molecular formula is C13H14BrClO2. The van der Waals surface area contributed by atoms with Gasteiger partial charge in [-0.2, -0.15) is 0 Å². The van der Waals surface area contributed by atoms with E-state index in [1.54, 1.807) is 13.2 Å². The van der Waals surface area contributed by atoms with Crippen LogP contribution < -0.4 is 4.74 Å². The third-order valence-corrected chi connectivity index (χ3v) is 3.57. The van der Waals surface area contributed by atoms with Gasteiger partial charge in [-0.25, -0.2) is 0 Å².